The number of rotatable bonds is 11. The first-order valence-electron chi connectivity index (χ1n) is 20.0. The number of halogens is 1. The highest BCUT2D eigenvalue weighted by molar-refractivity contribution is 6.30. The molecule has 21 nitrogen and oxygen atoms in total. The Bertz CT molecular complexity index is 3510. The van der Waals surface area contributed by atoms with Crippen molar-refractivity contribution < 1.29 is 24.1 Å². The van der Waals surface area contributed by atoms with Crippen LogP contribution in [0.2, 0.25) is 5.02 Å². The molecule has 22 heteroatoms. The molecule has 332 valence electrons. The van der Waals surface area contributed by atoms with Crippen molar-refractivity contribution in [2.24, 2.45) is 14.1 Å². The Balaban J connectivity index is 1.10. The zero-order valence-corrected chi connectivity index (χ0v) is 36.2. The summed E-state index contributed by atoms with van der Waals surface area (Å²) < 4.78 is 31.2. The maximum Gasteiger partial charge on any atom is 0.348 e. The molecule has 1 N–H and O–H groups in total. The quantitative estimate of drug-likeness (QED) is 0.180. The summed E-state index contributed by atoms with van der Waals surface area (Å²) in [7, 11) is 9.05. The number of aromatic hydroxyl groups is 1. The van der Waals surface area contributed by atoms with Crippen molar-refractivity contribution in [1.29, 1.82) is 0 Å². The number of aromatic nitrogens is 10. The van der Waals surface area contributed by atoms with Gasteiger partial charge in [-0.15, -0.1) is 0 Å². The van der Waals surface area contributed by atoms with E-state index in [0.717, 1.165) is 13.8 Å². The molecule has 0 unspecified atom stereocenters. The monoisotopic (exact) mass is 896 g/mol. The number of aryl methyl sites for hydroxylation is 4. The largest absolute Gasteiger partial charge is 0.508 e. The van der Waals surface area contributed by atoms with Gasteiger partial charge in [-0.05, 0) is 23.8 Å². The fourth-order valence-electron chi connectivity index (χ4n) is 8.84. The fraction of sp³-hybridized carbons (Fsp3) is 0.333. The van der Waals surface area contributed by atoms with Crippen molar-refractivity contribution in [3.63, 3.8) is 0 Å². The van der Waals surface area contributed by atoms with Gasteiger partial charge in [0, 0.05) is 74.9 Å². The molecule has 4 aromatic heterocycles. The van der Waals surface area contributed by atoms with Crippen LogP contribution in [0.1, 0.15) is 29.0 Å². The van der Waals surface area contributed by atoms with Crippen molar-refractivity contribution in [2.75, 3.05) is 28.4 Å². The zero-order chi connectivity index (χ0) is 45.5. The number of phenols is 1. The molecule has 0 radical (unpaired) electrons. The maximum atomic E-state index is 14.5. The second-order valence-corrected chi connectivity index (χ2v) is 15.8. The van der Waals surface area contributed by atoms with Crippen LogP contribution in [0.25, 0.3) is 22.1 Å². The van der Waals surface area contributed by atoms with Gasteiger partial charge in [0.05, 0.1) is 69.6 Å². The summed E-state index contributed by atoms with van der Waals surface area (Å²) >= 11 is 6.44. The standard InChI is InChI=1S/C42H41ClN10O11/c1-46-28-18-34(63-5)32(61-3)16-26(28)44-24(37(46)55)10-12-48-39(57)50-14-9-22-30(52(50)41(48)59)20-51-40(58)49(42(60)53(51)36(22)23-15-21(43)7-8-31(23)54)13-11-25-38(56)47(2)29-19-35(64-6)33(62-4)17-27(29)45-25/h7-9,15-19,30,36,54H,10-14,20H2,1-6H3/t30-,36-/m1/s1. The summed E-state index contributed by atoms with van der Waals surface area (Å²) in [6.45, 7) is -0.831. The third-order valence-electron chi connectivity index (χ3n) is 12.1. The van der Waals surface area contributed by atoms with E-state index in [-0.39, 0.29) is 66.7 Å². The minimum atomic E-state index is -1.16. The zero-order valence-electron chi connectivity index (χ0n) is 35.4. The van der Waals surface area contributed by atoms with E-state index in [1.165, 1.54) is 69.8 Å². The van der Waals surface area contributed by atoms with E-state index >= 15 is 0 Å². The van der Waals surface area contributed by atoms with Gasteiger partial charge in [0.2, 0.25) is 0 Å². The van der Waals surface area contributed by atoms with E-state index in [2.05, 4.69) is 9.97 Å². The normalized spacial score (nSPS) is 15.5. The molecule has 2 aliphatic rings. The lowest BCUT2D eigenvalue weighted by molar-refractivity contribution is 0.244. The molecule has 0 aliphatic carbocycles. The van der Waals surface area contributed by atoms with Crippen LogP contribution in [0.15, 0.2) is 82.9 Å². The van der Waals surface area contributed by atoms with Crippen LogP contribution in [-0.2, 0) is 53.1 Å². The van der Waals surface area contributed by atoms with Gasteiger partial charge in [0.15, 0.2) is 23.0 Å². The Labute approximate surface area is 364 Å². The first-order chi connectivity index (χ1) is 30.7. The predicted molar refractivity (Wildman–Crippen MR) is 232 cm³/mol. The molecule has 0 fully saturated rings. The summed E-state index contributed by atoms with van der Waals surface area (Å²) in [5.41, 5.74) is -1.19. The average Bonchev–Trinajstić information content (AvgIpc) is 3.69. The van der Waals surface area contributed by atoms with Crippen LogP contribution in [0.5, 0.6) is 28.7 Å². The Morgan fingerprint density at radius 3 is 1.66 bits per heavy atom. The van der Waals surface area contributed by atoms with Gasteiger partial charge in [-0.1, -0.05) is 17.7 Å². The molecule has 0 saturated carbocycles. The SMILES string of the molecule is COc1cc2nc(CCn3c(=O)n4n(c3=O)[C@@H]3Cn5c(=O)n(CCc6nc7cc(OC)c(OC)cc7n(C)c6=O)c(=O)n5[C@@H](c5cc(Cl)ccc5O)C3=CC4)c(=O)n(C)c2cc1OC. The lowest BCUT2D eigenvalue weighted by Gasteiger charge is -2.37. The van der Waals surface area contributed by atoms with Crippen molar-refractivity contribution in [3.8, 4) is 28.7 Å². The van der Waals surface area contributed by atoms with Crippen molar-refractivity contribution in [3.05, 3.63) is 139 Å². The van der Waals surface area contributed by atoms with E-state index in [4.69, 9.17) is 30.5 Å². The van der Waals surface area contributed by atoms with Crippen LogP contribution in [0, 0.1) is 0 Å². The van der Waals surface area contributed by atoms with Crippen LogP contribution >= 0.6 is 11.6 Å². The molecular formula is C42H41ClN10O11. The number of hydrogen-bond acceptors (Lipinski definition) is 13. The predicted octanol–water partition coefficient (Wildman–Crippen LogP) is 1.09. The van der Waals surface area contributed by atoms with Crippen LogP contribution in [0.3, 0.4) is 0 Å². The molecule has 6 heterocycles. The number of allylic oxidation sites excluding steroid dienone is 2. The molecule has 2 aliphatic heterocycles. The van der Waals surface area contributed by atoms with Gasteiger partial charge in [0.1, 0.15) is 23.2 Å². The molecule has 0 bridgehead atoms. The number of methoxy groups -OCH3 is 4. The molecule has 0 saturated heterocycles. The number of ether oxygens (including phenoxy) is 4. The van der Waals surface area contributed by atoms with Gasteiger partial charge >= 0.3 is 22.8 Å². The summed E-state index contributed by atoms with van der Waals surface area (Å²) in [5.74, 6) is 1.37. The molecule has 0 spiro atoms. The molecule has 0 amide bonds. The maximum absolute atomic E-state index is 14.5. The minimum Gasteiger partial charge on any atom is -0.508 e. The Kier molecular flexibility index (Phi) is 10.2. The van der Waals surface area contributed by atoms with Crippen molar-refractivity contribution in [1.82, 2.24) is 47.0 Å². The summed E-state index contributed by atoms with van der Waals surface area (Å²) in [6.07, 6.45) is 1.49. The number of nitrogens with zero attached hydrogens (tertiary/aromatic N) is 10. The number of fused-ring (bicyclic) bond motifs is 6. The minimum absolute atomic E-state index is 0.0803. The lowest BCUT2D eigenvalue weighted by Crippen LogP contribution is -2.47. The van der Waals surface area contributed by atoms with E-state index in [9.17, 15) is 33.9 Å². The molecule has 3 aromatic carbocycles. The highest BCUT2D eigenvalue weighted by atomic mass is 35.5. The third kappa shape index (κ3) is 6.36. The highest BCUT2D eigenvalue weighted by Crippen LogP contribution is 2.42. The Hall–Kier alpha value is -7.55. The van der Waals surface area contributed by atoms with E-state index < -0.39 is 46.0 Å². The summed E-state index contributed by atoms with van der Waals surface area (Å²) in [6, 6.07) is 8.65. The summed E-state index contributed by atoms with van der Waals surface area (Å²) in [4.78, 5) is 93.4. The van der Waals surface area contributed by atoms with E-state index in [0.29, 0.717) is 50.6 Å². The van der Waals surface area contributed by atoms with E-state index in [1.807, 2.05) is 0 Å². The third-order valence-corrected chi connectivity index (χ3v) is 12.3. The smallest absolute Gasteiger partial charge is 0.348 e. The van der Waals surface area contributed by atoms with Gasteiger partial charge in [-0.3, -0.25) is 9.59 Å². The molecule has 9 rings (SSSR count). The van der Waals surface area contributed by atoms with Crippen LogP contribution in [-0.4, -0.2) is 80.5 Å². The van der Waals surface area contributed by atoms with Crippen LogP contribution in [0.4, 0.5) is 0 Å². The molecular weight excluding hydrogens is 856 g/mol. The second-order valence-electron chi connectivity index (χ2n) is 15.3. The van der Waals surface area contributed by atoms with Gasteiger partial charge in [-0.2, -0.15) is 0 Å². The number of phenolic OH excluding ortho intramolecular Hbond substituents is 1. The van der Waals surface area contributed by atoms with Gasteiger partial charge < -0.3 is 33.2 Å². The Morgan fingerprint density at radius 1 is 0.656 bits per heavy atom. The van der Waals surface area contributed by atoms with Crippen molar-refractivity contribution >= 4 is 33.7 Å². The van der Waals surface area contributed by atoms with E-state index in [1.54, 1.807) is 44.4 Å². The fourth-order valence-corrected chi connectivity index (χ4v) is 9.02. The Morgan fingerprint density at radius 2 is 1.14 bits per heavy atom. The first-order valence-corrected chi connectivity index (χ1v) is 20.3. The second kappa shape index (κ2) is 15.7. The first kappa shape index (κ1) is 41.8. The average molecular weight is 897 g/mol. The molecule has 64 heavy (non-hydrogen) atoms. The molecule has 2 atom stereocenters. The lowest BCUT2D eigenvalue weighted by atomic mass is 9.90. The summed E-state index contributed by atoms with van der Waals surface area (Å²) in [5, 5.41) is 11.5. The van der Waals surface area contributed by atoms with Crippen molar-refractivity contribution in [2.45, 2.75) is 51.1 Å². The van der Waals surface area contributed by atoms with Gasteiger partial charge in [0.25, 0.3) is 11.1 Å². The van der Waals surface area contributed by atoms with Crippen LogP contribution < -0.4 is 52.8 Å². The molecule has 7 aromatic rings. The van der Waals surface area contributed by atoms with Gasteiger partial charge in [-0.25, -0.2) is 57.0 Å². The number of hydrogen-bond donors (Lipinski definition) is 1. The topological polar surface area (TPSA) is 225 Å². The number of benzene rings is 3. The highest BCUT2D eigenvalue weighted by Gasteiger charge is 2.42.